The molecule has 1 unspecified atom stereocenters. The summed E-state index contributed by atoms with van der Waals surface area (Å²) < 4.78 is 11.2. The van der Waals surface area contributed by atoms with Crippen LogP contribution >= 0.6 is 0 Å². The molecule has 0 aliphatic carbocycles. The van der Waals surface area contributed by atoms with E-state index in [1.807, 2.05) is 43.3 Å². The van der Waals surface area contributed by atoms with E-state index in [1.165, 1.54) is 0 Å². The van der Waals surface area contributed by atoms with Crippen molar-refractivity contribution in [2.75, 3.05) is 7.11 Å². The Hall–Kier alpha value is -3.41. The fraction of sp³-hybridized carbons (Fsp3) is 0.320. The minimum absolute atomic E-state index is 0.0423. The maximum Gasteiger partial charge on any atom is 0.240 e. The SMILES string of the molecule is COc1nc2ccccc2nc1-c1cccc(/C=C/CC(C)(C)CC2=NNC(C)O2)c1. The van der Waals surface area contributed by atoms with Crippen LogP contribution in [-0.2, 0) is 4.74 Å². The number of fused-ring (bicyclic) bond motifs is 1. The Morgan fingerprint density at radius 1 is 1.10 bits per heavy atom. The lowest BCUT2D eigenvalue weighted by molar-refractivity contribution is 0.195. The van der Waals surface area contributed by atoms with Crippen LogP contribution in [0.2, 0.25) is 0 Å². The normalized spacial score (nSPS) is 16.3. The smallest absolute Gasteiger partial charge is 0.240 e. The van der Waals surface area contributed by atoms with Gasteiger partial charge in [-0.05, 0) is 42.5 Å². The van der Waals surface area contributed by atoms with Crippen LogP contribution in [0.5, 0.6) is 5.88 Å². The number of nitrogens with one attached hydrogen (secondary N) is 1. The molecule has 4 rings (SSSR count). The number of para-hydroxylation sites is 2. The number of benzene rings is 2. The van der Waals surface area contributed by atoms with E-state index in [4.69, 9.17) is 14.5 Å². The van der Waals surface area contributed by atoms with E-state index in [2.05, 4.69) is 53.6 Å². The highest BCUT2D eigenvalue weighted by Gasteiger charge is 2.24. The first-order chi connectivity index (χ1) is 14.9. The van der Waals surface area contributed by atoms with Gasteiger partial charge in [0.1, 0.15) is 5.69 Å². The van der Waals surface area contributed by atoms with Crippen molar-refractivity contribution in [3.05, 3.63) is 60.2 Å². The molecule has 1 atom stereocenters. The molecule has 3 aromatic rings. The van der Waals surface area contributed by atoms with Crippen molar-refractivity contribution in [3.63, 3.8) is 0 Å². The first-order valence-electron chi connectivity index (χ1n) is 10.5. The number of hydrogen-bond donors (Lipinski definition) is 1. The zero-order valence-electron chi connectivity index (χ0n) is 18.4. The average molecular weight is 417 g/mol. The summed E-state index contributed by atoms with van der Waals surface area (Å²) in [5.74, 6) is 1.30. The summed E-state index contributed by atoms with van der Waals surface area (Å²) in [6.07, 6.45) is 6.00. The van der Waals surface area contributed by atoms with Gasteiger partial charge < -0.3 is 9.47 Å². The lowest BCUT2D eigenvalue weighted by Crippen LogP contribution is -2.19. The number of hydrogen-bond acceptors (Lipinski definition) is 6. The van der Waals surface area contributed by atoms with Crippen molar-refractivity contribution < 1.29 is 9.47 Å². The summed E-state index contributed by atoms with van der Waals surface area (Å²) in [6.45, 7) is 6.39. The molecule has 6 heteroatoms. The Kier molecular flexibility index (Phi) is 5.89. The van der Waals surface area contributed by atoms with Crippen molar-refractivity contribution in [3.8, 4) is 17.1 Å². The largest absolute Gasteiger partial charge is 0.479 e. The molecule has 2 aromatic carbocycles. The molecule has 0 amide bonds. The maximum atomic E-state index is 5.67. The number of ether oxygens (including phenoxy) is 2. The average Bonchev–Trinajstić information content (AvgIpc) is 3.16. The molecule has 1 aliphatic heterocycles. The molecule has 0 bridgehead atoms. The zero-order chi connectivity index (χ0) is 21.8. The predicted molar refractivity (Wildman–Crippen MR) is 125 cm³/mol. The highest BCUT2D eigenvalue weighted by atomic mass is 16.5. The summed E-state index contributed by atoms with van der Waals surface area (Å²) in [7, 11) is 1.63. The van der Waals surface area contributed by atoms with Crippen LogP contribution in [0.1, 0.15) is 39.2 Å². The quantitative estimate of drug-likeness (QED) is 0.558. The van der Waals surface area contributed by atoms with Crippen LogP contribution < -0.4 is 10.2 Å². The van der Waals surface area contributed by atoms with Crippen LogP contribution in [0.3, 0.4) is 0 Å². The van der Waals surface area contributed by atoms with E-state index < -0.39 is 0 Å². The highest BCUT2D eigenvalue weighted by Crippen LogP contribution is 2.30. The molecule has 2 heterocycles. The van der Waals surface area contributed by atoms with Gasteiger partial charge in [-0.2, -0.15) is 0 Å². The van der Waals surface area contributed by atoms with Crippen LogP contribution in [-0.4, -0.2) is 29.2 Å². The van der Waals surface area contributed by atoms with Gasteiger partial charge in [0.15, 0.2) is 6.23 Å². The van der Waals surface area contributed by atoms with Crippen LogP contribution in [0.25, 0.3) is 28.4 Å². The molecule has 6 nitrogen and oxygen atoms in total. The van der Waals surface area contributed by atoms with E-state index in [-0.39, 0.29) is 11.6 Å². The van der Waals surface area contributed by atoms with Gasteiger partial charge in [0, 0.05) is 12.0 Å². The predicted octanol–water partition coefficient (Wildman–Crippen LogP) is 5.40. The molecule has 160 valence electrons. The Bertz CT molecular complexity index is 1140. The van der Waals surface area contributed by atoms with Crippen LogP contribution in [0.15, 0.2) is 59.7 Å². The van der Waals surface area contributed by atoms with Crippen molar-refractivity contribution >= 4 is 23.0 Å². The molecule has 1 aliphatic rings. The third kappa shape index (κ3) is 5.02. The van der Waals surface area contributed by atoms with Gasteiger partial charge in [0.25, 0.3) is 0 Å². The lowest BCUT2D eigenvalue weighted by Gasteiger charge is -2.22. The van der Waals surface area contributed by atoms with Gasteiger partial charge in [-0.25, -0.2) is 9.97 Å². The molecule has 0 saturated heterocycles. The van der Waals surface area contributed by atoms with Gasteiger partial charge in [0.05, 0.1) is 18.1 Å². The van der Waals surface area contributed by atoms with E-state index in [1.54, 1.807) is 7.11 Å². The number of nitrogens with zero attached hydrogens (tertiary/aromatic N) is 3. The summed E-state index contributed by atoms with van der Waals surface area (Å²) in [5, 5.41) is 4.25. The molecular formula is C25H28N4O2. The second-order valence-electron chi connectivity index (χ2n) is 8.54. The van der Waals surface area contributed by atoms with Crippen molar-refractivity contribution in [2.24, 2.45) is 10.5 Å². The molecule has 0 saturated carbocycles. The van der Waals surface area contributed by atoms with Gasteiger partial charge in [-0.3, -0.25) is 5.43 Å². The minimum atomic E-state index is -0.0423. The first kappa shape index (κ1) is 20.8. The second-order valence-corrected chi connectivity index (χ2v) is 8.54. The first-order valence-corrected chi connectivity index (χ1v) is 10.5. The van der Waals surface area contributed by atoms with E-state index in [0.717, 1.165) is 46.6 Å². The third-order valence-corrected chi connectivity index (χ3v) is 5.19. The van der Waals surface area contributed by atoms with Gasteiger partial charge >= 0.3 is 0 Å². The maximum absolute atomic E-state index is 5.67. The second kappa shape index (κ2) is 8.76. The summed E-state index contributed by atoms with van der Waals surface area (Å²) >= 11 is 0. The molecule has 1 N–H and O–H groups in total. The summed E-state index contributed by atoms with van der Waals surface area (Å²) in [6, 6.07) is 16.1. The molecule has 0 radical (unpaired) electrons. The van der Waals surface area contributed by atoms with Crippen LogP contribution in [0.4, 0.5) is 0 Å². The summed E-state index contributed by atoms with van der Waals surface area (Å²) in [4.78, 5) is 9.41. The molecule has 0 spiro atoms. The van der Waals surface area contributed by atoms with E-state index in [0.29, 0.717) is 5.88 Å². The number of hydrazone groups is 1. The monoisotopic (exact) mass is 416 g/mol. The molecular weight excluding hydrogens is 388 g/mol. The Morgan fingerprint density at radius 2 is 1.87 bits per heavy atom. The number of allylic oxidation sites excluding steroid dienone is 1. The number of aromatic nitrogens is 2. The molecule has 31 heavy (non-hydrogen) atoms. The van der Waals surface area contributed by atoms with Crippen molar-refractivity contribution in [1.82, 2.24) is 15.4 Å². The summed E-state index contributed by atoms with van der Waals surface area (Å²) in [5.41, 5.74) is 7.49. The fourth-order valence-electron chi connectivity index (χ4n) is 3.60. The molecule has 1 aromatic heterocycles. The van der Waals surface area contributed by atoms with Gasteiger partial charge in [0.2, 0.25) is 11.8 Å². The lowest BCUT2D eigenvalue weighted by atomic mass is 9.85. The third-order valence-electron chi connectivity index (χ3n) is 5.19. The Labute approximate surface area is 183 Å². The van der Waals surface area contributed by atoms with Crippen LogP contribution in [0, 0.1) is 5.41 Å². The highest BCUT2D eigenvalue weighted by molar-refractivity contribution is 5.80. The Balaban J connectivity index is 1.51. The standard InChI is InChI=1S/C25H28N4O2/c1-17-28-29-22(31-17)16-25(2,3)14-8-10-18-9-7-11-19(15-18)23-24(30-4)27-21-13-6-5-12-20(21)26-23/h5-13,15,17,28H,14,16H2,1-4H3/b10-8+. The number of methoxy groups -OCH3 is 1. The fourth-order valence-corrected chi connectivity index (χ4v) is 3.60. The zero-order valence-corrected chi connectivity index (χ0v) is 18.4. The topological polar surface area (TPSA) is 68.6 Å². The van der Waals surface area contributed by atoms with E-state index >= 15 is 0 Å². The molecule has 0 fully saturated rings. The van der Waals surface area contributed by atoms with Crippen molar-refractivity contribution in [2.45, 2.75) is 39.8 Å². The van der Waals surface area contributed by atoms with Gasteiger partial charge in [-0.1, -0.05) is 56.3 Å². The minimum Gasteiger partial charge on any atom is -0.479 e. The van der Waals surface area contributed by atoms with Gasteiger partial charge in [-0.15, -0.1) is 5.10 Å². The van der Waals surface area contributed by atoms with E-state index in [9.17, 15) is 0 Å². The number of rotatable bonds is 7. The Morgan fingerprint density at radius 3 is 2.58 bits per heavy atom. The van der Waals surface area contributed by atoms with Crippen molar-refractivity contribution in [1.29, 1.82) is 0 Å².